The van der Waals surface area contributed by atoms with Crippen LogP contribution in [0.1, 0.15) is 43.9 Å². The van der Waals surface area contributed by atoms with Gasteiger partial charge in [0.05, 0.1) is 6.42 Å². The molecule has 0 saturated heterocycles. The SMILES string of the molecule is CCC(C)NC(=O)C(C)N(Cc1cccc(Br)c1)C(=O)Cc1ccc(C)cc1. The zero-order valence-electron chi connectivity index (χ0n) is 17.0. The molecule has 1 N–H and O–H groups in total. The number of nitrogens with one attached hydrogen (secondary N) is 1. The molecule has 28 heavy (non-hydrogen) atoms. The summed E-state index contributed by atoms with van der Waals surface area (Å²) >= 11 is 3.47. The predicted octanol–water partition coefficient (Wildman–Crippen LogP) is 4.63. The minimum Gasteiger partial charge on any atom is -0.352 e. The normalized spacial score (nSPS) is 12.9. The Hall–Kier alpha value is -2.14. The van der Waals surface area contributed by atoms with Crippen LogP contribution in [0, 0.1) is 6.92 Å². The maximum absolute atomic E-state index is 13.1. The van der Waals surface area contributed by atoms with Gasteiger partial charge in [-0.25, -0.2) is 0 Å². The van der Waals surface area contributed by atoms with Crippen LogP contribution in [0.15, 0.2) is 53.0 Å². The van der Waals surface area contributed by atoms with E-state index in [0.717, 1.165) is 27.6 Å². The number of nitrogens with zero attached hydrogens (tertiary/aromatic N) is 1. The van der Waals surface area contributed by atoms with Crippen molar-refractivity contribution in [3.8, 4) is 0 Å². The summed E-state index contributed by atoms with van der Waals surface area (Å²) in [5.41, 5.74) is 3.09. The van der Waals surface area contributed by atoms with Crippen molar-refractivity contribution >= 4 is 27.7 Å². The largest absolute Gasteiger partial charge is 0.352 e. The number of amides is 2. The van der Waals surface area contributed by atoms with Crippen molar-refractivity contribution in [3.63, 3.8) is 0 Å². The van der Waals surface area contributed by atoms with Crippen molar-refractivity contribution in [2.24, 2.45) is 0 Å². The average molecular weight is 445 g/mol. The van der Waals surface area contributed by atoms with Crippen molar-refractivity contribution in [3.05, 3.63) is 69.7 Å². The average Bonchev–Trinajstić information content (AvgIpc) is 2.67. The number of hydrogen-bond acceptors (Lipinski definition) is 2. The lowest BCUT2D eigenvalue weighted by atomic mass is 10.1. The summed E-state index contributed by atoms with van der Waals surface area (Å²) in [7, 11) is 0. The lowest BCUT2D eigenvalue weighted by Gasteiger charge is -2.30. The molecule has 0 aromatic heterocycles. The maximum Gasteiger partial charge on any atom is 0.242 e. The molecular formula is C23H29BrN2O2. The van der Waals surface area contributed by atoms with Crippen LogP contribution in [0.2, 0.25) is 0 Å². The van der Waals surface area contributed by atoms with Gasteiger partial charge in [0.15, 0.2) is 0 Å². The van der Waals surface area contributed by atoms with Gasteiger partial charge in [-0.05, 0) is 50.5 Å². The highest BCUT2D eigenvalue weighted by Crippen LogP contribution is 2.17. The first-order valence-electron chi connectivity index (χ1n) is 9.70. The summed E-state index contributed by atoms with van der Waals surface area (Å²) in [5, 5.41) is 2.99. The lowest BCUT2D eigenvalue weighted by molar-refractivity contribution is -0.140. The van der Waals surface area contributed by atoms with E-state index in [1.807, 2.05) is 69.3 Å². The number of halogens is 1. The molecule has 0 bridgehead atoms. The molecule has 2 aromatic carbocycles. The molecule has 0 aliphatic rings. The molecule has 2 rings (SSSR count). The topological polar surface area (TPSA) is 49.4 Å². The molecule has 0 saturated carbocycles. The summed E-state index contributed by atoms with van der Waals surface area (Å²) in [5.74, 6) is -0.183. The molecule has 4 nitrogen and oxygen atoms in total. The highest BCUT2D eigenvalue weighted by atomic mass is 79.9. The minimum atomic E-state index is -0.550. The summed E-state index contributed by atoms with van der Waals surface area (Å²) in [6.07, 6.45) is 1.12. The van der Waals surface area contributed by atoms with Crippen molar-refractivity contribution in [1.82, 2.24) is 10.2 Å². The standard InChI is InChI=1S/C23H29BrN2O2/c1-5-17(3)25-23(28)18(4)26(15-20-7-6-8-21(24)13-20)22(27)14-19-11-9-16(2)10-12-19/h6-13,17-18H,5,14-15H2,1-4H3,(H,25,28). The van der Waals surface area contributed by atoms with E-state index in [0.29, 0.717) is 6.54 Å². The Kier molecular flexibility index (Phi) is 8.24. The molecular weight excluding hydrogens is 416 g/mol. The smallest absolute Gasteiger partial charge is 0.242 e. The fraction of sp³-hybridized carbons (Fsp3) is 0.391. The second kappa shape index (κ2) is 10.4. The van der Waals surface area contributed by atoms with E-state index in [9.17, 15) is 9.59 Å². The zero-order chi connectivity index (χ0) is 20.7. The highest BCUT2D eigenvalue weighted by molar-refractivity contribution is 9.10. The third-order valence-electron chi connectivity index (χ3n) is 4.89. The van der Waals surface area contributed by atoms with Crippen LogP contribution >= 0.6 is 15.9 Å². The highest BCUT2D eigenvalue weighted by Gasteiger charge is 2.26. The van der Waals surface area contributed by atoms with E-state index in [1.165, 1.54) is 0 Å². The molecule has 0 heterocycles. The molecule has 0 radical (unpaired) electrons. The van der Waals surface area contributed by atoms with Crippen molar-refractivity contribution in [2.45, 2.75) is 59.2 Å². The number of carbonyl (C=O) groups is 2. The Morgan fingerprint density at radius 3 is 2.36 bits per heavy atom. The number of hydrogen-bond donors (Lipinski definition) is 1. The van der Waals surface area contributed by atoms with Crippen LogP contribution in [0.4, 0.5) is 0 Å². The van der Waals surface area contributed by atoms with Gasteiger partial charge >= 0.3 is 0 Å². The van der Waals surface area contributed by atoms with Crippen LogP contribution in [-0.2, 0) is 22.6 Å². The van der Waals surface area contributed by atoms with Crippen LogP contribution in [0.25, 0.3) is 0 Å². The van der Waals surface area contributed by atoms with Gasteiger partial charge in [-0.1, -0.05) is 64.8 Å². The van der Waals surface area contributed by atoms with E-state index >= 15 is 0 Å². The van der Waals surface area contributed by atoms with Crippen LogP contribution in [-0.4, -0.2) is 28.8 Å². The van der Waals surface area contributed by atoms with Gasteiger partial charge < -0.3 is 10.2 Å². The summed E-state index contributed by atoms with van der Waals surface area (Å²) in [4.78, 5) is 27.5. The van der Waals surface area contributed by atoms with Crippen LogP contribution < -0.4 is 5.32 Å². The van der Waals surface area contributed by atoms with Crippen molar-refractivity contribution in [2.75, 3.05) is 0 Å². The second-order valence-electron chi connectivity index (χ2n) is 7.31. The minimum absolute atomic E-state index is 0.0596. The second-order valence-corrected chi connectivity index (χ2v) is 8.22. The number of rotatable bonds is 8. The first-order chi connectivity index (χ1) is 13.3. The molecule has 2 aromatic rings. The fourth-order valence-electron chi connectivity index (χ4n) is 2.86. The van der Waals surface area contributed by atoms with Gasteiger partial charge in [-0.3, -0.25) is 9.59 Å². The molecule has 0 spiro atoms. The van der Waals surface area contributed by atoms with E-state index in [-0.39, 0.29) is 24.3 Å². The predicted molar refractivity (Wildman–Crippen MR) is 117 cm³/mol. The first kappa shape index (κ1) is 22.2. The lowest BCUT2D eigenvalue weighted by Crippen LogP contribution is -2.49. The van der Waals surface area contributed by atoms with Crippen molar-refractivity contribution < 1.29 is 9.59 Å². The monoisotopic (exact) mass is 444 g/mol. The quantitative estimate of drug-likeness (QED) is 0.644. The fourth-order valence-corrected chi connectivity index (χ4v) is 3.31. The van der Waals surface area contributed by atoms with Crippen LogP contribution in [0.3, 0.4) is 0 Å². The third kappa shape index (κ3) is 6.48. The van der Waals surface area contributed by atoms with Gasteiger partial charge in [0.25, 0.3) is 0 Å². The Balaban J connectivity index is 2.22. The molecule has 0 fully saturated rings. The molecule has 2 atom stereocenters. The summed E-state index contributed by atoms with van der Waals surface area (Å²) in [6.45, 7) is 8.20. The molecule has 150 valence electrons. The zero-order valence-corrected chi connectivity index (χ0v) is 18.6. The molecule has 2 amide bonds. The van der Waals surface area contributed by atoms with Gasteiger partial charge in [0.1, 0.15) is 6.04 Å². The third-order valence-corrected chi connectivity index (χ3v) is 5.38. The Labute approximate surface area is 176 Å². The first-order valence-corrected chi connectivity index (χ1v) is 10.5. The van der Waals surface area contributed by atoms with Gasteiger partial charge in [-0.15, -0.1) is 0 Å². The molecule has 5 heteroatoms. The number of benzene rings is 2. The summed E-state index contributed by atoms with van der Waals surface area (Å²) < 4.78 is 0.952. The summed E-state index contributed by atoms with van der Waals surface area (Å²) in [6, 6.07) is 15.3. The van der Waals surface area contributed by atoms with E-state index in [1.54, 1.807) is 11.8 Å². The van der Waals surface area contributed by atoms with E-state index < -0.39 is 6.04 Å². The number of aryl methyl sites for hydroxylation is 1. The Bertz CT molecular complexity index is 805. The molecule has 0 aliphatic heterocycles. The van der Waals surface area contributed by atoms with Gasteiger partial charge in [-0.2, -0.15) is 0 Å². The van der Waals surface area contributed by atoms with Crippen molar-refractivity contribution in [1.29, 1.82) is 0 Å². The van der Waals surface area contributed by atoms with Gasteiger partial charge in [0, 0.05) is 17.1 Å². The molecule has 0 aliphatic carbocycles. The Morgan fingerprint density at radius 2 is 1.75 bits per heavy atom. The Morgan fingerprint density at radius 1 is 1.07 bits per heavy atom. The van der Waals surface area contributed by atoms with Gasteiger partial charge in [0.2, 0.25) is 11.8 Å². The molecule has 2 unspecified atom stereocenters. The van der Waals surface area contributed by atoms with Crippen LogP contribution in [0.5, 0.6) is 0 Å². The maximum atomic E-state index is 13.1. The number of carbonyl (C=O) groups excluding carboxylic acids is 2. The van der Waals surface area contributed by atoms with E-state index in [4.69, 9.17) is 0 Å². The van der Waals surface area contributed by atoms with E-state index in [2.05, 4.69) is 21.2 Å².